The Kier molecular flexibility index (Phi) is 22.7. The van der Waals surface area contributed by atoms with Crippen LogP contribution < -0.4 is 0 Å². The maximum absolute atomic E-state index is 6.47. The first-order valence-corrected chi connectivity index (χ1v) is 43.9. The molecule has 608 valence electrons. The third kappa shape index (κ3) is 16.9. The first-order chi connectivity index (χ1) is 62.3. The molecule has 0 aliphatic rings. The van der Waals surface area contributed by atoms with E-state index >= 15 is 0 Å². The number of halogens is 5. The van der Waals surface area contributed by atoms with Gasteiger partial charge in [-0.25, -0.2) is 44.9 Å². The Morgan fingerprint density at radius 2 is 0.756 bits per heavy atom. The minimum atomic E-state index is 0.190. The second-order valence-electron chi connectivity index (χ2n) is 30.1. The molecule has 0 saturated heterocycles. The highest BCUT2D eigenvalue weighted by Gasteiger charge is 2.23. The molecule has 9 aromatic heterocycles. The summed E-state index contributed by atoms with van der Waals surface area (Å²) in [5, 5.41) is 9.25. The highest BCUT2D eigenvalue weighted by molar-refractivity contribution is 9.10. The number of para-hydroxylation sites is 3. The average Bonchev–Trinajstić information content (AvgIpc) is 1.61. The maximum atomic E-state index is 6.47. The Morgan fingerprint density at radius 1 is 0.268 bits per heavy atom. The molecule has 0 atom stereocenters. The summed E-state index contributed by atoms with van der Waals surface area (Å²) >= 11 is 30.3. The van der Waals surface area contributed by atoms with Gasteiger partial charge in [0.05, 0.1) is 43.6 Å². The second kappa shape index (κ2) is 35.6. The largest absolute Gasteiger partial charge is 0.452 e. The van der Waals surface area contributed by atoms with E-state index in [4.69, 9.17) is 74.6 Å². The van der Waals surface area contributed by atoms with Crippen LogP contribution in [0.1, 0.15) is 11.1 Å². The van der Waals surface area contributed by atoms with Crippen molar-refractivity contribution in [1.82, 2.24) is 49.8 Å². The lowest BCUT2D eigenvalue weighted by atomic mass is 9.95. The van der Waals surface area contributed by atoms with E-state index in [1.165, 1.54) is 21.4 Å². The maximum Gasteiger partial charge on any atom is 0.232 e. The van der Waals surface area contributed by atoms with Crippen LogP contribution in [0.2, 0.25) is 21.0 Å². The van der Waals surface area contributed by atoms with Crippen molar-refractivity contribution >= 4 is 182 Å². The number of fused-ring (bicyclic) bond motifs is 15. The van der Waals surface area contributed by atoms with E-state index in [1.54, 1.807) is 11.3 Å². The van der Waals surface area contributed by atoms with Crippen molar-refractivity contribution in [2.45, 2.75) is 13.8 Å². The van der Waals surface area contributed by atoms with Crippen molar-refractivity contribution in [1.29, 1.82) is 0 Å². The van der Waals surface area contributed by atoms with Gasteiger partial charge in [-0.2, -0.15) is 4.98 Å². The van der Waals surface area contributed by atoms with Gasteiger partial charge in [0, 0.05) is 64.1 Å². The normalized spacial score (nSPS) is 11.3. The van der Waals surface area contributed by atoms with Crippen molar-refractivity contribution in [3.05, 3.63) is 407 Å². The quantitative estimate of drug-likeness (QED) is 0.0990. The Labute approximate surface area is 760 Å². The van der Waals surface area contributed by atoms with Crippen LogP contribution in [-0.2, 0) is 0 Å². The molecular weight excluding hydrogens is 1740 g/mol. The van der Waals surface area contributed by atoms with Gasteiger partial charge in [0.15, 0.2) is 28.0 Å². The molecule has 9 heterocycles. The molecule has 127 heavy (non-hydrogen) atoms. The number of thiophene rings is 1. The highest BCUT2D eigenvalue weighted by atomic mass is 79.9. The molecule has 13 nitrogen and oxygen atoms in total. The topological polar surface area (TPSA) is 168 Å². The first kappa shape index (κ1) is 80.9. The smallest absolute Gasteiger partial charge is 0.232 e. The fraction of sp³-hybridized carbons (Fsp3) is 0.0185. The van der Waals surface area contributed by atoms with Crippen LogP contribution in [0.4, 0.5) is 0 Å². The van der Waals surface area contributed by atoms with E-state index in [9.17, 15) is 0 Å². The predicted octanol–water partition coefficient (Wildman–Crippen LogP) is 31.8. The Hall–Kier alpha value is -14.5. The van der Waals surface area contributed by atoms with Crippen molar-refractivity contribution in [3.8, 4) is 101 Å². The first-order valence-electron chi connectivity index (χ1n) is 40.8. The molecule has 0 fully saturated rings. The molecule has 19 heteroatoms. The molecule has 0 amide bonds. The van der Waals surface area contributed by atoms with Crippen LogP contribution in [-0.4, -0.2) is 49.8 Å². The van der Waals surface area contributed by atoms with Crippen molar-refractivity contribution in [2.24, 2.45) is 0 Å². The van der Waals surface area contributed by atoms with Gasteiger partial charge in [-0.05, 0) is 178 Å². The molecule has 24 rings (SSSR count). The molecule has 0 unspecified atom stereocenters. The molecule has 24 aromatic rings. The van der Waals surface area contributed by atoms with Gasteiger partial charge < -0.3 is 13.3 Å². The number of hydrogen-bond donors (Lipinski definition) is 0. The van der Waals surface area contributed by atoms with Gasteiger partial charge in [0.2, 0.25) is 21.6 Å². The van der Waals surface area contributed by atoms with Gasteiger partial charge in [-0.1, -0.05) is 324 Å². The Bertz CT molecular complexity index is 8180. The highest BCUT2D eigenvalue weighted by Crippen LogP contribution is 2.44. The molecular formula is C108H67BrCl4N10O3S. The number of nitrogens with zero attached hydrogens (tertiary/aromatic N) is 10. The summed E-state index contributed by atoms with van der Waals surface area (Å²) in [5.74, 6) is 1.36. The van der Waals surface area contributed by atoms with E-state index < -0.39 is 0 Å². The molecule has 0 bridgehead atoms. The van der Waals surface area contributed by atoms with Crippen molar-refractivity contribution in [2.75, 3.05) is 0 Å². The van der Waals surface area contributed by atoms with Gasteiger partial charge >= 0.3 is 0 Å². The van der Waals surface area contributed by atoms with Crippen LogP contribution >= 0.6 is 73.7 Å². The summed E-state index contributed by atoms with van der Waals surface area (Å²) in [7, 11) is 0. The predicted molar refractivity (Wildman–Crippen MR) is 526 cm³/mol. The number of aryl methyl sites for hydroxylation is 2. The monoisotopic (exact) mass is 1800 g/mol. The third-order valence-electron chi connectivity index (χ3n) is 21.7. The van der Waals surface area contributed by atoms with Gasteiger partial charge in [-0.15, -0.1) is 11.3 Å². The molecule has 0 N–H and O–H groups in total. The summed E-state index contributed by atoms with van der Waals surface area (Å²) in [6, 6.07) is 125. The van der Waals surface area contributed by atoms with Crippen LogP contribution in [0.3, 0.4) is 0 Å². The fourth-order valence-electron chi connectivity index (χ4n) is 16.0. The van der Waals surface area contributed by atoms with Crippen LogP contribution in [0, 0.1) is 13.8 Å². The standard InChI is InChI=1S/C28H17ClN2O.C22H15ClN2O.C22H13ClN2S.C20H13BrN2.C16H9ClN2O/c29-28-30-25(27-26(31-28)23-13-7-8-14-24(23)32-27)22-16-20(18-9-3-1-4-10-18)15-21(17-22)19-11-5-2-6-12-19;1-12-9-13(2)11-15(10-12)22-24-19-18-16-6-4-3-5-14(16)7-8-17(18)26-20(19)21(23)25-22;23-22-24-19(21-20(25-22)17-11-4-5-12-18(17)26-21)16-10-6-9-15(13-16)14-7-2-1-3-8-14;21-16-12-10-15(11-13-16)20-22-18-9-5-4-8-17(18)19(23-20)14-6-2-1-3-7-14;17-16-18-14(10-6-2-1-3-7-10)13-11-8-4-5-9-12(11)20-15(13)19-16/h1-17H;3-11H,1-2H3;1-13H;1-13H;1-9H. The van der Waals surface area contributed by atoms with E-state index in [-0.39, 0.29) is 15.9 Å². The summed E-state index contributed by atoms with van der Waals surface area (Å²) in [6.07, 6.45) is 0. The Morgan fingerprint density at radius 3 is 1.43 bits per heavy atom. The molecule has 0 radical (unpaired) electrons. The Balaban J connectivity index is 0.000000101. The second-order valence-corrected chi connectivity index (χ2v) is 33.5. The summed E-state index contributed by atoms with van der Waals surface area (Å²) in [5.41, 5.74) is 25.9. The molecule has 0 aliphatic heterocycles. The van der Waals surface area contributed by atoms with E-state index in [0.717, 1.165) is 175 Å². The van der Waals surface area contributed by atoms with Gasteiger partial charge in [0.1, 0.15) is 33.5 Å². The zero-order valence-corrected chi connectivity index (χ0v) is 73.1. The lowest BCUT2D eigenvalue weighted by Crippen LogP contribution is -1.94. The minimum Gasteiger partial charge on any atom is -0.452 e. The van der Waals surface area contributed by atoms with Crippen molar-refractivity contribution in [3.63, 3.8) is 0 Å². The molecule has 15 aromatic carbocycles. The van der Waals surface area contributed by atoms with E-state index in [0.29, 0.717) is 33.6 Å². The minimum absolute atomic E-state index is 0.190. The SMILES string of the molecule is Brc1ccc(-c2nc(-c3ccccc3)c3ccccc3n2)cc1.Cc1cc(C)cc(-c2nc(Cl)c3oc4ccc5ccccc5c4c3n2)c1.Clc1nc(-c2cc(-c3ccccc3)cc(-c3ccccc3)c2)c2oc3ccccc3c2n1.Clc1nc(-c2cccc(-c3ccccc3)c2)c2sc3ccccc3c2n1.Clc1nc(-c2ccccc2)c2c(n1)oc1ccccc12. The van der Waals surface area contributed by atoms with E-state index in [1.807, 2.05) is 231 Å². The number of furan rings is 3. The zero-order valence-electron chi connectivity index (χ0n) is 67.7. The fourth-order valence-corrected chi connectivity index (χ4v) is 18.1. The van der Waals surface area contributed by atoms with Gasteiger partial charge in [-0.3, -0.25) is 0 Å². The van der Waals surface area contributed by atoms with Crippen LogP contribution in [0.15, 0.2) is 388 Å². The lowest BCUT2D eigenvalue weighted by molar-refractivity contribution is 0.653. The molecule has 0 spiro atoms. The number of aromatic nitrogens is 10. The summed E-state index contributed by atoms with van der Waals surface area (Å²) in [6.45, 7) is 4.13. The molecule has 0 saturated carbocycles. The number of hydrogen-bond acceptors (Lipinski definition) is 14. The van der Waals surface area contributed by atoms with Gasteiger partial charge in [0.25, 0.3) is 0 Å². The third-order valence-corrected chi connectivity index (χ3v) is 24.2. The summed E-state index contributed by atoms with van der Waals surface area (Å²) < 4.78 is 21.2. The lowest BCUT2D eigenvalue weighted by Gasteiger charge is -2.11. The number of rotatable bonds is 9. The van der Waals surface area contributed by atoms with Crippen molar-refractivity contribution < 1.29 is 13.3 Å². The molecule has 0 aliphatic carbocycles. The zero-order chi connectivity index (χ0) is 86.0. The van der Waals surface area contributed by atoms with Crippen LogP contribution in [0.5, 0.6) is 0 Å². The average molecular weight is 1810 g/mol. The van der Waals surface area contributed by atoms with Crippen LogP contribution in [0.25, 0.3) is 209 Å². The number of benzene rings is 15. The summed E-state index contributed by atoms with van der Waals surface area (Å²) in [4.78, 5) is 45.6. The van der Waals surface area contributed by atoms with E-state index in [2.05, 4.69) is 204 Å².